The van der Waals surface area contributed by atoms with Crippen LogP contribution in [0, 0.1) is 5.92 Å². The van der Waals surface area contributed by atoms with Crippen LogP contribution in [0.5, 0.6) is 0 Å². The molecule has 1 saturated carbocycles. The lowest BCUT2D eigenvalue weighted by Gasteiger charge is -2.18. The van der Waals surface area contributed by atoms with Crippen LogP contribution in [-0.4, -0.2) is 7.05 Å². The van der Waals surface area contributed by atoms with Crippen LogP contribution < -0.4 is 5.32 Å². The Kier molecular flexibility index (Phi) is 3.01. The molecule has 1 N–H and O–H groups in total. The van der Waals surface area contributed by atoms with Gasteiger partial charge in [0, 0.05) is 21.7 Å². The van der Waals surface area contributed by atoms with Crippen molar-refractivity contribution in [3.63, 3.8) is 0 Å². The fourth-order valence-corrected chi connectivity index (χ4v) is 2.49. The fourth-order valence-electron chi connectivity index (χ4n) is 1.85. The SMILES string of the molecule is CNC(c1c(Cl)cccc1Cl)C1CC1. The minimum atomic E-state index is 0.316. The van der Waals surface area contributed by atoms with Gasteiger partial charge in [-0.1, -0.05) is 29.3 Å². The number of halogens is 2. The lowest BCUT2D eigenvalue weighted by Crippen LogP contribution is -2.19. The van der Waals surface area contributed by atoms with E-state index in [1.165, 1.54) is 12.8 Å². The molecule has 1 aliphatic rings. The van der Waals surface area contributed by atoms with Crippen molar-refractivity contribution in [1.29, 1.82) is 0 Å². The lowest BCUT2D eigenvalue weighted by molar-refractivity contribution is 0.529. The van der Waals surface area contributed by atoms with Crippen molar-refractivity contribution in [2.24, 2.45) is 5.92 Å². The minimum Gasteiger partial charge on any atom is -0.313 e. The van der Waals surface area contributed by atoms with Gasteiger partial charge < -0.3 is 5.32 Å². The molecule has 0 aromatic heterocycles. The van der Waals surface area contributed by atoms with Gasteiger partial charge >= 0.3 is 0 Å². The largest absolute Gasteiger partial charge is 0.313 e. The Bertz CT molecular complexity index is 314. The van der Waals surface area contributed by atoms with Crippen LogP contribution in [0.3, 0.4) is 0 Å². The molecule has 1 aliphatic carbocycles. The summed E-state index contributed by atoms with van der Waals surface area (Å²) in [4.78, 5) is 0. The number of nitrogens with one attached hydrogen (secondary N) is 1. The van der Waals surface area contributed by atoms with E-state index in [0.29, 0.717) is 12.0 Å². The molecule has 1 fully saturated rings. The Balaban J connectivity index is 2.36. The maximum atomic E-state index is 6.15. The van der Waals surface area contributed by atoms with Crippen LogP contribution in [0.1, 0.15) is 24.4 Å². The van der Waals surface area contributed by atoms with Crippen molar-refractivity contribution in [3.05, 3.63) is 33.8 Å². The average Bonchev–Trinajstić information content (AvgIpc) is 2.95. The van der Waals surface area contributed by atoms with E-state index >= 15 is 0 Å². The normalized spacial score (nSPS) is 18.2. The first-order chi connectivity index (χ1) is 6.74. The highest BCUT2D eigenvalue weighted by Gasteiger charge is 2.33. The number of hydrogen-bond donors (Lipinski definition) is 1. The summed E-state index contributed by atoms with van der Waals surface area (Å²) < 4.78 is 0. The number of hydrogen-bond acceptors (Lipinski definition) is 1. The van der Waals surface area contributed by atoms with Crippen LogP contribution in [0.4, 0.5) is 0 Å². The predicted octanol–water partition coefficient (Wildman–Crippen LogP) is 3.66. The Morgan fingerprint density at radius 3 is 2.29 bits per heavy atom. The van der Waals surface area contributed by atoms with Crippen molar-refractivity contribution < 1.29 is 0 Å². The topological polar surface area (TPSA) is 12.0 Å². The third kappa shape index (κ3) is 1.90. The van der Waals surface area contributed by atoms with Gasteiger partial charge in [0.25, 0.3) is 0 Å². The van der Waals surface area contributed by atoms with Gasteiger partial charge in [0.15, 0.2) is 0 Å². The van der Waals surface area contributed by atoms with Crippen LogP contribution >= 0.6 is 23.2 Å². The van der Waals surface area contributed by atoms with Crippen LogP contribution in [0.2, 0.25) is 10.0 Å². The van der Waals surface area contributed by atoms with E-state index in [1.807, 2.05) is 25.2 Å². The molecule has 1 atom stereocenters. The van der Waals surface area contributed by atoms with Gasteiger partial charge in [0.2, 0.25) is 0 Å². The molecule has 14 heavy (non-hydrogen) atoms. The first kappa shape index (κ1) is 10.3. The molecule has 0 aliphatic heterocycles. The van der Waals surface area contributed by atoms with Crippen LogP contribution in [0.15, 0.2) is 18.2 Å². The molecule has 0 spiro atoms. The van der Waals surface area contributed by atoms with Gasteiger partial charge in [-0.2, -0.15) is 0 Å². The van der Waals surface area contributed by atoms with Gasteiger partial charge in [-0.15, -0.1) is 0 Å². The van der Waals surface area contributed by atoms with E-state index in [1.54, 1.807) is 0 Å². The average molecular weight is 230 g/mol. The maximum absolute atomic E-state index is 6.15. The second-order valence-electron chi connectivity index (χ2n) is 3.74. The Morgan fingerprint density at radius 2 is 1.86 bits per heavy atom. The molecule has 1 unspecified atom stereocenters. The molecule has 0 saturated heterocycles. The van der Waals surface area contributed by atoms with E-state index in [-0.39, 0.29) is 0 Å². The van der Waals surface area contributed by atoms with Crippen molar-refractivity contribution in [3.8, 4) is 0 Å². The lowest BCUT2D eigenvalue weighted by atomic mass is 10.0. The third-order valence-electron chi connectivity index (χ3n) is 2.72. The maximum Gasteiger partial charge on any atom is 0.0468 e. The zero-order valence-electron chi connectivity index (χ0n) is 8.06. The van der Waals surface area contributed by atoms with Crippen LogP contribution in [-0.2, 0) is 0 Å². The van der Waals surface area contributed by atoms with E-state index in [4.69, 9.17) is 23.2 Å². The van der Waals surface area contributed by atoms with Gasteiger partial charge in [-0.05, 0) is 37.9 Å². The number of benzene rings is 1. The van der Waals surface area contributed by atoms with Gasteiger partial charge in [0.05, 0.1) is 0 Å². The summed E-state index contributed by atoms with van der Waals surface area (Å²) in [6, 6.07) is 6.00. The van der Waals surface area contributed by atoms with Crippen molar-refractivity contribution in [1.82, 2.24) is 5.32 Å². The second-order valence-corrected chi connectivity index (χ2v) is 4.55. The van der Waals surface area contributed by atoms with E-state index in [9.17, 15) is 0 Å². The molecule has 3 heteroatoms. The van der Waals surface area contributed by atoms with Crippen LogP contribution in [0.25, 0.3) is 0 Å². The highest BCUT2D eigenvalue weighted by Crippen LogP contribution is 2.44. The van der Waals surface area contributed by atoms with E-state index < -0.39 is 0 Å². The Hall–Kier alpha value is -0.240. The fraction of sp³-hybridized carbons (Fsp3) is 0.455. The van der Waals surface area contributed by atoms with Crippen molar-refractivity contribution in [2.75, 3.05) is 7.05 Å². The summed E-state index contributed by atoms with van der Waals surface area (Å²) in [6.07, 6.45) is 2.54. The summed E-state index contributed by atoms with van der Waals surface area (Å²) in [6.45, 7) is 0. The molecule has 1 nitrogen and oxygen atoms in total. The molecule has 0 heterocycles. The first-order valence-corrected chi connectivity index (χ1v) is 5.61. The Morgan fingerprint density at radius 1 is 1.29 bits per heavy atom. The van der Waals surface area contributed by atoms with Crippen molar-refractivity contribution in [2.45, 2.75) is 18.9 Å². The summed E-state index contributed by atoms with van der Waals surface area (Å²) in [5.74, 6) is 0.706. The third-order valence-corrected chi connectivity index (χ3v) is 3.37. The molecule has 2 rings (SSSR count). The van der Waals surface area contributed by atoms with Crippen molar-refractivity contribution >= 4 is 23.2 Å². The van der Waals surface area contributed by atoms with Gasteiger partial charge in [0.1, 0.15) is 0 Å². The summed E-state index contributed by atoms with van der Waals surface area (Å²) >= 11 is 12.3. The molecule has 0 bridgehead atoms. The monoisotopic (exact) mass is 229 g/mol. The molecule has 1 aromatic rings. The van der Waals surface area contributed by atoms with E-state index in [0.717, 1.165) is 15.6 Å². The quantitative estimate of drug-likeness (QED) is 0.835. The zero-order chi connectivity index (χ0) is 10.1. The summed E-state index contributed by atoms with van der Waals surface area (Å²) in [5, 5.41) is 4.83. The molecule has 0 amide bonds. The highest BCUT2D eigenvalue weighted by molar-refractivity contribution is 6.36. The smallest absolute Gasteiger partial charge is 0.0468 e. The van der Waals surface area contributed by atoms with E-state index in [2.05, 4.69) is 5.32 Å². The summed E-state index contributed by atoms with van der Waals surface area (Å²) in [5.41, 5.74) is 1.06. The van der Waals surface area contributed by atoms with Gasteiger partial charge in [-0.3, -0.25) is 0 Å². The summed E-state index contributed by atoms with van der Waals surface area (Å²) in [7, 11) is 1.96. The highest BCUT2D eigenvalue weighted by atomic mass is 35.5. The Labute approximate surface area is 94.4 Å². The standard InChI is InChI=1S/C11H13Cl2N/c1-14-11(7-5-6-7)10-8(12)3-2-4-9(10)13/h2-4,7,11,14H,5-6H2,1H3. The predicted molar refractivity (Wildman–Crippen MR) is 61.0 cm³/mol. The molecular formula is C11H13Cl2N. The van der Waals surface area contributed by atoms with Gasteiger partial charge in [-0.25, -0.2) is 0 Å². The second kappa shape index (κ2) is 4.09. The first-order valence-electron chi connectivity index (χ1n) is 4.85. The molecule has 76 valence electrons. The zero-order valence-corrected chi connectivity index (χ0v) is 9.57. The number of rotatable bonds is 3. The molecule has 1 aromatic carbocycles. The minimum absolute atomic E-state index is 0.316. The molecule has 0 radical (unpaired) electrons. The molecular weight excluding hydrogens is 217 g/mol.